The number of hydrogen-bond donors (Lipinski definition) is 1. The molecule has 0 radical (unpaired) electrons. The van der Waals surface area contributed by atoms with Crippen LogP contribution >= 0.6 is 0 Å². The number of carbonyl (C=O) groups excluding carboxylic acids is 2. The van der Waals surface area contributed by atoms with E-state index in [0.717, 1.165) is 0 Å². The molecule has 1 rings (SSSR count). The Labute approximate surface area is 69.6 Å². The number of hydrogen-bond acceptors (Lipinski definition) is 3. The Morgan fingerprint density at radius 2 is 2.25 bits per heavy atom. The molecule has 1 aromatic rings. The SMILES string of the molecule is CC(=O)NC(=O)c1cccnc1. The molecule has 0 unspecified atom stereocenters. The van der Waals surface area contributed by atoms with Gasteiger partial charge in [-0.15, -0.1) is 0 Å². The Hall–Kier alpha value is -1.71. The van der Waals surface area contributed by atoms with Gasteiger partial charge in [-0.1, -0.05) is 0 Å². The third kappa shape index (κ3) is 2.16. The Kier molecular flexibility index (Phi) is 2.53. The van der Waals surface area contributed by atoms with Crippen molar-refractivity contribution in [2.24, 2.45) is 0 Å². The molecular weight excluding hydrogens is 156 g/mol. The van der Waals surface area contributed by atoms with E-state index in [1.165, 1.54) is 13.1 Å². The van der Waals surface area contributed by atoms with E-state index in [0.29, 0.717) is 5.56 Å². The lowest BCUT2D eigenvalue weighted by molar-refractivity contribution is -0.118. The van der Waals surface area contributed by atoms with Crippen molar-refractivity contribution in [2.45, 2.75) is 6.92 Å². The highest BCUT2D eigenvalue weighted by atomic mass is 16.2. The van der Waals surface area contributed by atoms with E-state index in [-0.39, 0.29) is 5.91 Å². The average molecular weight is 164 g/mol. The second kappa shape index (κ2) is 3.61. The quantitative estimate of drug-likeness (QED) is 0.651. The summed E-state index contributed by atoms with van der Waals surface area (Å²) in [4.78, 5) is 25.3. The van der Waals surface area contributed by atoms with Crippen LogP contribution in [0.5, 0.6) is 0 Å². The second-order valence-electron chi connectivity index (χ2n) is 2.25. The number of nitrogens with one attached hydrogen (secondary N) is 1. The number of carbonyl (C=O) groups is 2. The van der Waals surface area contributed by atoms with E-state index >= 15 is 0 Å². The van der Waals surface area contributed by atoms with Gasteiger partial charge in [-0.25, -0.2) is 0 Å². The summed E-state index contributed by atoms with van der Waals surface area (Å²) in [5.74, 6) is -0.792. The van der Waals surface area contributed by atoms with Gasteiger partial charge in [-0.05, 0) is 12.1 Å². The van der Waals surface area contributed by atoms with Crippen LogP contribution in [0, 0.1) is 0 Å². The lowest BCUT2D eigenvalue weighted by Crippen LogP contribution is -2.27. The number of pyridine rings is 1. The summed E-state index contributed by atoms with van der Waals surface area (Å²) >= 11 is 0. The minimum absolute atomic E-state index is 0.371. The monoisotopic (exact) mass is 164 g/mol. The summed E-state index contributed by atoms with van der Waals surface area (Å²) < 4.78 is 0. The first-order valence-electron chi connectivity index (χ1n) is 3.42. The van der Waals surface area contributed by atoms with E-state index < -0.39 is 5.91 Å². The number of amides is 2. The molecule has 12 heavy (non-hydrogen) atoms. The molecule has 0 atom stereocenters. The standard InChI is InChI=1S/C8H8N2O2/c1-6(11)10-8(12)7-3-2-4-9-5-7/h2-5H,1H3,(H,10,11,12). The van der Waals surface area contributed by atoms with E-state index in [2.05, 4.69) is 10.3 Å². The molecule has 0 saturated carbocycles. The normalized spacial score (nSPS) is 9.08. The van der Waals surface area contributed by atoms with Crippen LogP contribution < -0.4 is 5.32 Å². The summed E-state index contributed by atoms with van der Waals surface area (Å²) in [5.41, 5.74) is 0.382. The fourth-order valence-electron chi connectivity index (χ4n) is 0.729. The van der Waals surface area contributed by atoms with Gasteiger partial charge < -0.3 is 0 Å². The topological polar surface area (TPSA) is 59.1 Å². The molecule has 1 N–H and O–H groups in total. The average Bonchev–Trinajstić information content (AvgIpc) is 2.05. The molecule has 0 spiro atoms. The molecule has 1 heterocycles. The van der Waals surface area contributed by atoms with Crippen LogP contribution in [0.2, 0.25) is 0 Å². The van der Waals surface area contributed by atoms with Gasteiger partial charge in [0.25, 0.3) is 5.91 Å². The second-order valence-corrected chi connectivity index (χ2v) is 2.25. The number of imide groups is 1. The minimum Gasteiger partial charge on any atom is -0.293 e. The van der Waals surface area contributed by atoms with Crippen LogP contribution in [0.1, 0.15) is 17.3 Å². The molecule has 0 aliphatic carbocycles. The van der Waals surface area contributed by atoms with E-state index in [1.807, 2.05) is 0 Å². The number of aromatic nitrogens is 1. The third-order valence-electron chi connectivity index (χ3n) is 1.21. The predicted molar refractivity (Wildman–Crippen MR) is 42.4 cm³/mol. The summed E-state index contributed by atoms with van der Waals surface area (Å²) in [6.45, 7) is 1.29. The van der Waals surface area contributed by atoms with Gasteiger partial charge in [-0.2, -0.15) is 0 Å². The van der Waals surface area contributed by atoms with Crippen molar-refractivity contribution in [3.8, 4) is 0 Å². The molecule has 0 aliphatic heterocycles. The van der Waals surface area contributed by atoms with Crippen LogP contribution in [-0.2, 0) is 4.79 Å². The molecule has 62 valence electrons. The first-order chi connectivity index (χ1) is 5.70. The lowest BCUT2D eigenvalue weighted by atomic mass is 10.3. The van der Waals surface area contributed by atoms with Gasteiger partial charge in [0.15, 0.2) is 0 Å². The molecule has 2 amide bonds. The van der Waals surface area contributed by atoms with Crippen molar-refractivity contribution in [1.82, 2.24) is 10.3 Å². The third-order valence-corrected chi connectivity index (χ3v) is 1.21. The predicted octanol–water partition coefficient (Wildman–Crippen LogP) is 0.358. The minimum atomic E-state index is -0.421. The smallest absolute Gasteiger partial charge is 0.259 e. The molecule has 0 aromatic carbocycles. The van der Waals surface area contributed by atoms with Crippen LogP contribution in [0.25, 0.3) is 0 Å². The zero-order valence-electron chi connectivity index (χ0n) is 6.57. The van der Waals surface area contributed by atoms with Gasteiger partial charge in [0, 0.05) is 19.3 Å². The van der Waals surface area contributed by atoms with Gasteiger partial charge >= 0.3 is 0 Å². The molecule has 1 aromatic heterocycles. The maximum atomic E-state index is 11.1. The first kappa shape index (κ1) is 8.39. The van der Waals surface area contributed by atoms with E-state index in [4.69, 9.17) is 0 Å². The van der Waals surface area contributed by atoms with Gasteiger partial charge in [-0.3, -0.25) is 19.9 Å². The molecular formula is C8H8N2O2. The van der Waals surface area contributed by atoms with Crippen LogP contribution in [0.15, 0.2) is 24.5 Å². The summed E-state index contributed by atoms with van der Waals surface area (Å²) in [5, 5.41) is 2.14. The summed E-state index contributed by atoms with van der Waals surface area (Å²) in [6.07, 6.45) is 2.96. The molecule has 4 nitrogen and oxygen atoms in total. The fourth-order valence-corrected chi connectivity index (χ4v) is 0.729. The molecule has 0 fully saturated rings. The van der Waals surface area contributed by atoms with Crippen LogP contribution in [0.3, 0.4) is 0 Å². The zero-order chi connectivity index (χ0) is 8.97. The highest BCUT2D eigenvalue weighted by Crippen LogP contribution is 1.94. The van der Waals surface area contributed by atoms with Gasteiger partial charge in [0.05, 0.1) is 5.56 Å². The maximum Gasteiger partial charge on any atom is 0.259 e. The van der Waals surface area contributed by atoms with Crippen molar-refractivity contribution in [3.05, 3.63) is 30.1 Å². The highest BCUT2D eigenvalue weighted by molar-refractivity contribution is 6.03. The van der Waals surface area contributed by atoms with Crippen molar-refractivity contribution in [2.75, 3.05) is 0 Å². The van der Waals surface area contributed by atoms with Crippen LogP contribution in [-0.4, -0.2) is 16.8 Å². The van der Waals surface area contributed by atoms with Gasteiger partial charge in [0.2, 0.25) is 5.91 Å². The maximum absolute atomic E-state index is 11.1. The van der Waals surface area contributed by atoms with Crippen molar-refractivity contribution in [3.63, 3.8) is 0 Å². The van der Waals surface area contributed by atoms with Crippen molar-refractivity contribution < 1.29 is 9.59 Å². The van der Waals surface area contributed by atoms with Gasteiger partial charge in [0.1, 0.15) is 0 Å². The fraction of sp³-hybridized carbons (Fsp3) is 0.125. The summed E-state index contributed by atoms with van der Waals surface area (Å²) in [6, 6.07) is 3.22. The largest absolute Gasteiger partial charge is 0.293 e. The van der Waals surface area contributed by atoms with Crippen molar-refractivity contribution >= 4 is 11.8 Å². The molecule has 0 aliphatic rings. The highest BCUT2D eigenvalue weighted by Gasteiger charge is 2.05. The number of rotatable bonds is 1. The Morgan fingerprint density at radius 1 is 1.50 bits per heavy atom. The Balaban J connectivity index is 2.73. The molecule has 0 bridgehead atoms. The van der Waals surface area contributed by atoms with Crippen LogP contribution in [0.4, 0.5) is 0 Å². The Morgan fingerprint density at radius 3 is 2.75 bits per heavy atom. The molecule has 0 saturated heterocycles. The lowest BCUT2D eigenvalue weighted by Gasteiger charge is -1.98. The summed E-state index contributed by atoms with van der Waals surface area (Å²) in [7, 11) is 0. The first-order valence-corrected chi connectivity index (χ1v) is 3.42. The van der Waals surface area contributed by atoms with Crippen molar-refractivity contribution in [1.29, 1.82) is 0 Å². The Bertz CT molecular complexity index is 295. The zero-order valence-corrected chi connectivity index (χ0v) is 6.57. The molecule has 4 heteroatoms. The number of nitrogens with zero attached hydrogens (tertiary/aromatic N) is 1. The van der Waals surface area contributed by atoms with E-state index in [1.54, 1.807) is 18.3 Å². The van der Waals surface area contributed by atoms with E-state index in [9.17, 15) is 9.59 Å².